The standard InChI is InChI=1S/C14H4F10/c15-9-7(5-1-3-6(4-2-5)13(19,20)21)10(16)12(18)8(11(9)17)14(22,23)24/h1-4H. The van der Waals surface area contributed by atoms with Gasteiger partial charge in [-0.3, -0.25) is 0 Å². The summed E-state index contributed by atoms with van der Waals surface area (Å²) in [6.07, 6.45) is -10.5. The van der Waals surface area contributed by atoms with Gasteiger partial charge in [0.25, 0.3) is 0 Å². The second-order valence-corrected chi connectivity index (χ2v) is 4.58. The number of hydrogen-bond donors (Lipinski definition) is 0. The quantitative estimate of drug-likeness (QED) is 0.435. The lowest BCUT2D eigenvalue weighted by Crippen LogP contribution is -2.16. The fraction of sp³-hybridized carbons (Fsp3) is 0.143. The highest BCUT2D eigenvalue weighted by Gasteiger charge is 2.42. The van der Waals surface area contributed by atoms with Crippen molar-refractivity contribution in [2.45, 2.75) is 12.4 Å². The van der Waals surface area contributed by atoms with Crippen molar-refractivity contribution in [2.75, 3.05) is 0 Å². The Kier molecular flexibility index (Phi) is 4.28. The second kappa shape index (κ2) is 5.67. The third-order valence-electron chi connectivity index (χ3n) is 3.05. The third kappa shape index (κ3) is 3.04. The Hall–Kier alpha value is -2.26. The van der Waals surface area contributed by atoms with Crippen LogP contribution in [0, 0.1) is 23.3 Å². The molecule has 0 aliphatic rings. The summed E-state index contributed by atoms with van der Waals surface area (Å²) in [5, 5.41) is 0. The van der Waals surface area contributed by atoms with E-state index in [0.717, 1.165) is 0 Å². The first kappa shape index (κ1) is 18.1. The van der Waals surface area contributed by atoms with Gasteiger partial charge in [-0.05, 0) is 17.7 Å². The van der Waals surface area contributed by atoms with E-state index in [1.54, 1.807) is 0 Å². The van der Waals surface area contributed by atoms with E-state index >= 15 is 0 Å². The van der Waals surface area contributed by atoms with Crippen molar-refractivity contribution in [1.82, 2.24) is 0 Å². The van der Waals surface area contributed by atoms with E-state index in [1.807, 2.05) is 0 Å². The average Bonchev–Trinajstić information content (AvgIpc) is 2.44. The molecule has 0 saturated heterocycles. The maximum absolute atomic E-state index is 13.7. The van der Waals surface area contributed by atoms with Crippen LogP contribution in [0.5, 0.6) is 0 Å². The lowest BCUT2D eigenvalue weighted by molar-refractivity contribution is -0.143. The first-order chi connectivity index (χ1) is 10.9. The Morgan fingerprint density at radius 2 is 0.958 bits per heavy atom. The molecule has 0 aliphatic heterocycles. The Balaban J connectivity index is 2.69. The van der Waals surface area contributed by atoms with Crippen molar-refractivity contribution >= 4 is 0 Å². The number of halogens is 10. The van der Waals surface area contributed by atoms with Crippen LogP contribution in [0.4, 0.5) is 43.9 Å². The molecule has 0 N–H and O–H groups in total. The molecule has 0 amide bonds. The van der Waals surface area contributed by atoms with Crippen LogP contribution < -0.4 is 0 Å². The van der Waals surface area contributed by atoms with Gasteiger partial charge in [0, 0.05) is 0 Å². The monoisotopic (exact) mass is 362 g/mol. The van der Waals surface area contributed by atoms with Gasteiger partial charge in [-0.1, -0.05) is 12.1 Å². The van der Waals surface area contributed by atoms with Crippen molar-refractivity contribution < 1.29 is 43.9 Å². The molecule has 0 radical (unpaired) electrons. The predicted molar refractivity (Wildman–Crippen MR) is 61.7 cm³/mol. The van der Waals surface area contributed by atoms with Gasteiger partial charge in [-0.2, -0.15) is 26.3 Å². The first-order valence-corrected chi connectivity index (χ1v) is 5.96. The fourth-order valence-corrected chi connectivity index (χ4v) is 1.96. The van der Waals surface area contributed by atoms with Crippen molar-refractivity contribution in [3.05, 3.63) is 58.7 Å². The molecular weight excluding hydrogens is 358 g/mol. The molecule has 0 atom stereocenters. The molecule has 0 fully saturated rings. The van der Waals surface area contributed by atoms with Gasteiger partial charge >= 0.3 is 12.4 Å². The minimum atomic E-state index is -5.70. The lowest BCUT2D eigenvalue weighted by atomic mass is 9.99. The van der Waals surface area contributed by atoms with Crippen molar-refractivity contribution in [3.8, 4) is 11.1 Å². The van der Waals surface area contributed by atoms with Gasteiger partial charge in [0.2, 0.25) is 0 Å². The van der Waals surface area contributed by atoms with Gasteiger partial charge in [-0.15, -0.1) is 0 Å². The summed E-state index contributed by atoms with van der Waals surface area (Å²) < 4.78 is 129. The Bertz CT molecular complexity index is 739. The molecule has 0 unspecified atom stereocenters. The van der Waals surface area contributed by atoms with Crippen molar-refractivity contribution in [1.29, 1.82) is 0 Å². The highest BCUT2D eigenvalue weighted by Crippen LogP contribution is 2.40. The summed E-state index contributed by atoms with van der Waals surface area (Å²) >= 11 is 0. The zero-order chi connectivity index (χ0) is 18.4. The van der Waals surface area contributed by atoms with E-state index in [2.05, 4.69) is 0 Å². The Morgan fingerprint density at radius 1 is 0.542 bits per heavy atom. The van der Waals surface area contributed by atoms with E-state index in [0.29, 0.717) is 24.3 Å². The number of hydrogen-bond acceptors (Lipinski definition) is 0. The lowest BCUT2D eigenvalue weighted by Gasteiger charge is -2.14. The van der Waals surface area contributed by atoms with Crippen molar-refractivity contribution in [2.24, 2.45) is 0 Å². The SMILES string of the molecule is Fc1c(F)c(C(F)(F)F)c(F)c(F)c1-c1ccc(C(F)(F)F)cc1. The molecule has 2 rings (SSSR count). The van der Waals surface area contributed by atoms with Gasteiger partial charge in [0.15, 0.2) is 23.3 Å². The summed E-state index contributed by atoms with van der Waals surface area (Å²) in [6.45, 7) is 0. The fourth-order valence-electron chi connectivity index (χ4n) is 1.96. The van der Waals surface area contributed by atoms with Crippen LogP contribution in [0.2, 0.25) is 0 Å². The van der Waals surface area contributed by atoms with Crippen LogP contribution in [-0.2, 0) is 12.4 Å². The maximum Gasteiger partial charge on any atom is 0.422 e. The zero-order valence-electron chi connectivity index (χ0n) is 11.1. The smallest absolute Gasteiger partial charge is 0.203 e. The van der Waals surface area contributed by atoms with Gasteiger partial charge in [0.05, 0.1) is 11.1 Å². The average molecular weight is 362 g/mol. The summed E-state index contributed by atoms with van der Waals surface area (Å²) in [6, 6.07) is 1.69. The summed E-state index contributed by atoms with van der Waals surface area (Å²) in [5.74, 6) is -10.1. The van der Waals surface area contributed by atoms with E-state index in [1.165, 1.54) is 0 Å². The topological polar surface area (TPSA) is 0 Å². The number of alkyl halides is 6. The van der Waals surface area contributed by atoms with Crippen LogP contribution in [0.3, 0.4) is 0 Å². The van der Waals surface area contributed by atoms with Crippen LogP contribution in [0.1, 0.15) is 11.1 Å². The first-order valence-electron chi connectivity index (χ1n) is 5.96. The van der Waals surface area contributed by atoms with Crippen LogP contribution >= 0.6 is 0 Å². The third-order valence-corrected chi connectivity index (χ3v) is 3.05. The zero-order valence-corrected chi connectivity index (χ0v) is 11.1. The molecule has 0 aromatic heterocycles. The molecule has 24 heavy (non-hydrogen) atoms. The van der Waals surface area contributed by atoms with Gasteiger partial charge < -0.3 is 0 Å². The molecule has 0 spiro atoms. The molecule has 2 aromatic rings. The Morgan fingerprint density at radius 3 is 1.29 bits per heavy atom. The summed E-state index contributed by atoms with van der Waals surface area (Å²) in [7, 11) is 0. The highest BCUT2D eigenvalue weighted by atomic mass is 19.4. The minimum absolute atomic E-state index is 0.363. The second-order valence-electron chi connectivity index (χ2n) is 4.58. The molecule has 0 heterocycles. The molecule has 0 bridgehead atoms. The van der Waals surface area contributed by atoms with Crippen LogP contribution in [0.15, 0.2) is 24.3 Å². The van der Waals surface area contributed by atoms with E-state index in [9.17, 15) is 43.9 Å². The summed E-state index contributed by atoms with van der Waals surface area (Å²) in [5.41, 5.74) is -6.27. The number of benzene rings is 2. The van der Waals surface area contributed by atoms with Crippen molar-refractivity contribution in [3.63, 3.8) is 0 Å². The molecular formula is C14H4F10. The van der Waals surface area contributed by atoms with E-state index in [4.69, 9.17) is 0 Å². The van der Waals surface area contributed by atoms with Gasteiger partial charge in [0.1, 0.15) is 5.56 Å². The molecule has 0 aliphatic carbocycles. The molecule has 10 heteroatoms. The maximum atomic E-state index is 13.7. The largest absolute Gasteiger partial charge is 0.422 e. The molecule has 2 aromatic carbocycles. The minimum Gasteiger partial charge on any atom is -0.203 e. The predicted octanol–water partition coefficient (Wildman–Crippen LogP) is 5.95. The van der Waals surface area contributed by atoms with E-state index < -0.39 is 57.9 Å². The number of rotatable bonds is 1. The molecule has 0 saturated carbocycles. The van der Waals surface area contributed by atoms with E-state index in [-0.39, 0.29) is 0 Å². The van der Waals surface area contributed by atoms with Gasteiger partial charge in [-0.25, -0.2) is 17.6 Å². The molecule has 0 nitrogen and oxygen atoms in total. The summed E-state index contributed by atoms with van der Waals surface area (Å²) in [4.78, 5) is 0. The van der Waals surface area contributed by atoms with Crippen LogP contribution in [-0.4, -0.2) is 0 Å². The highest BCUT2D eigenvalue weighted by molar-refractivity contribution is 5.66. The normalized spacial score (nSPS) is 12.6. The van der Waals surface area contributed by atoms with Crippen LogP contribution in [0.25, 0.3) is 11.1 Å². The Labute approximate surface area is 127 Å². The molecule has 130 valence electrons.